The van der Waals surface area contributed by atoms with Gasteiger partial charge >= 0.3 is 12.1 Å². The summed E-state index contributed by atoms with van der Waals surface area (Å²) in [6.07, 6.45) is -5.04. The average Bonchev–Trinajstić information content (AvgIpc) is 3.15. The molecule has 1 unspecified atom stereocenters. The van der Waals surface area contributed by atoms with Crippen LogP contribution in [0.2, 0.25) is 0 Å². The fourth-order valence-corrected chi connectivity index (χ4v) is 3.66. The second-order valence-corrected chi connectivity index (χ2v) is 6.54. The van der Waals surface area contributed by atoms with Gasteiger partial charge in [0.15, 0.2) is 0 Å². The smallest absolute Gasteiger partial charge is 0.419 e. The van der Waals surface area contributed by atoms with E-state index in [1.165, 1.54) is 24.3 Å². The summed E-state index contributed by atoms with van der Waals surface area (Å²) in [5, 5.41) is 0. The van der Waals surface area contributed by atoms with Crippen molar-refractivity contribution in [2.24, 2.45) is 0 Å². The van der Waals surface area contributed by atoms with Gasteiger partial charge in [-0.1, -0.05) is 17.7 Å². The fraction of sp³-hybridized carbons (Fsp3) is 0.417. The van der Waals surface area contributed by atoms with Gasteiger partial charge in [-0.05, 0) is 19.1 Å². The molecule has 0 saturated carbocycles. The van der Waals surface area contributed by atoms with Crippen LogP contribution < -0.4 is 0 Å². The summed E-state index contributed by atoms with van der Waals surface area (Å²) in [6, 6.07) is 5.32. The summed E-state index contributed by atoms with van der Waals surface area (Å²) < 4.78 is 67.9. The van der Waals surface area contributed by atoms with Crippen molar-refractivity contribution < 1.29 is 31.1 Å². The van der Waals surface area contributed by atoms with E-state index in [4.69, 9.17) is 0 Å². The first-order chi connectivity index (χ1) is 9.57. The topological polar surface area (TPSA) is 63.5 Å². The van der Waals surface area contributed by atoms with E-state index in [0.29, 0.717) is 0 Å². The Bertz CT molecular complexity index is 669. The molecule has 0 aromatic heterocycles. The SMILES string of the molecule is COC(=O)[C@]1(C(F)(F)F)CN1S(=O)(=O)c1ccc(C)cc1. The van der Waals surface area contributed by atoms with Crippen molar-refractivity contribution in [1.82, 2.24) is 4.31 Å². The highest BCUT2D eigenvalue weighted by Gasteiger charge is 2.79. The van der Waals surface area contributed by atoms with E-state index in [0.717, 1.165) is 12.7 Å². The molecule has 0 aliphatic carbocycles. The molecule has 0 N–H and O–H groups in total. The lowest BCUT2D eigenvalue weighted by Crippen LogP contribution is -2.46. The minimum absolute atomic E-state index is 0.108. The number of nitrogens with zero attached hydrogens (tertiary/aromatic N) is 1. The van der Waals surface area contributed by atoms with Crippen LogP contribution in [-0.2, 0) is 19.6 Å². The summed E-state index contributed by atoms with van der Waals surface area (Å²) in [5.41, 5.74) is -2.36. The predicted octanol–water partition coefficient (Wildman–Crippen LogP) is 1.47. The Labute approximate surface area is 119 Å². The molecule has 0 spiro atoms. The van der Waals surface area contributed by atoms with Gasteiger partial charge in [0.2, 0.25) is 15.6 Å². The third-order valence-electron chi connectivity index (χ3n) is 3.30. The number of benzene rings is 1. The van der Waals surface area contributed by atoms with E-state index in [1.807, 2.05) is 0 Å². The summed E-state index contributed by atoms with van der Waals surface area (Å²) in [5.74, 6) is -1.63. The van der Waals surface area contributed by atoms with E-state index in [9.17, 15) is 26.4 Å². The minimum atomic E-state index is -5.04. The molecule has 1 saturated heterocycles. The van der Waals surface area contributed by atoms with Crippen LogP contribution in [0.25, 0.3) is 0 Å². The first kappa shape index (κ1) is 15.8. The molecular weight excluding hydrogens is 311 g/mol. The molecule has 2 rings (SSSR count). The van der Waals surface area contributed by atoms with E-state index >= 15 is 0 Å². The minimum Gasteiger partial charge on any atom is -0.467 e. The Kier molecular flexibility index (Phi) is 3.53. The normalized spacial score (nSPS) is 25.5. The van der Waals surface area contributed by atoms with Crippen molar-refractivity contribution in [2.75, 3.05) is 13.7 Å². The van der Waals surface area contributed by atoms with Crippen LogP contribution >= 0.6 is 0 Å². The number of alkyl halides is 3. The highest BCUT2D eigenvalue weighted by Crippen LogP contribution is 2.50. The number of hydrogen-bond acceptors (Lipinski definition) is 4. The fourth-order valence-electron chi connectivity index (χ4n) is 1.98. The molecule has 1 aliphatic rings. The van der Waals surface area contributed by atoms with Gasteiger partial charge in [0.05, 0.1) is 18.6 Å². The van der Waals surface area contributed by atoms with Crippen molar-refractivity contribution in [3.05, 3.63) is 29.8 Å². The number of carbonyl (C=O) groups excluding carboxylic acids is 1. The van der Waals surface area contributed by atoms with Crippen molar-refractivity contribution >= 4 is 16.0 Å². The largest absolute Gasteiger partial charge is 0.467 e. The number of halogens is 3. The highest BCUT2D eigenvalue weighted by atomic mass is 32.2. The van der Waals surface area contributed by atoms with Gasteiger partial charge in [-0.25, -0.2) is 13.2 Å². The van der Waals surface area contributed by atoms with Crippen LogP contribution in [0.3, 0.4) is 0 Å². The molecule has 0 radical (unpaired) electrons. The van der Waals surface area contributed by atoms with E-state index in [-0.39, 0.29) is 9.20 Å². The number of ether oxygens (including phenoxy) is 1. The van der Waals surface area contributed by atoms with Crippen LogP contribution in [0.5, 0.6) is 0 Å². The Hall–Kier alpha value is -1.61. The monoisotopic (exact) mass is 323 g/mol. The van der Waals surface area contributed by atoms with Crippen LogP contribution in [0.15, 0.2) is 29.2 Å². The third kappa shape index (κ3) is 2.30. The zero-order valence-electron chi connectivity index (χ0n) is 11.1. The van der Waals surface area contributed by atoms with Crippen LogP contribution in [-0.4, -0.2) is 44.1 Å². The second-order valence-electron chi connectivity index (χ2n) is 4.67. The highest BCUT2D eigenvalue weighted by molar-refractivity contribution is 7.89. The molecule has 1 heterocycles. The Morgan fingerprint density at radius 1 is 1.29 bits per heavy atom. The molecule has 0 amide bonds. The van der Waals surface area contributed by atoms with Gasteiger partial charge in [-0.3, -0.25) is 0 Å². The van der Waals surface area contributed by atoms with E-state index in [1.54, 1.807) is 6.92 Å². The van der Waals surface area contributed by atoms with E-state index < -0.39 is 34.3 Å². The number of hydrogen-bond donors (Lipinski definition) is 0. The summed E-state index contributed by atoms with van der Waals surface area (Å²) in [7, 11) is -3.63. The first-order valence-corrected chi connectivity index (χ1v) is 7.26. The van der Waals surface area contributed by atoms with E-state index in [2.05, 4.69) is 4.74 Å². The lowest BCUT2D eigenvalue weighted by atomic mass is 10.1. The van der Waals surface area contributed by atoms with Gasteiger partial charge in [0, 0.05) is 0 Å². The molecule has 116 valence electrons. The Morgan fingerprint density at radius 3 is 2.24 bits per heavy atom. The molecule has 1 aromatic rings. The number of rotatable bonds is 3. The molecule has 2 atom stereocenters. The molecule has 1 aromatic carbocycles. The number of carbonyl (C=O) groups is 1. The molecule has 9 heteroatoms. The lowest BCUT2D eigenvalue weighted by molar-refractivity contribution is -0.189. The third-order valence-corrected chi connectivity index (χ3v) is 5.18. The van der Waals surface area contributed by atoms with Gasteiger partial charge in [-0.15, -0.1) is 0 Å². The summed E-state index contributed by atoms with van der Waals surface area (Å²) in [6.45, 7) is 0.738. The molecule has 1 fully saturated rings. The standard InChI is InChI=1S/C12H12F3NO4S/c1-8-3-5-9(6-4-8)21(18,19)16-7-11(16,10(17)20-2)12(13,14)15/h3-6H,7H2,1-2H3/t11-,16?/m0/s1. The second kappa shape index (κ2) is 4.70. The van der Waals surface area contributed by atoms with Crippen molar-refractivity contribution in [2.45, 2.75) is 23.5 Å². The van der Waals surface area contributed by atoms with Crippen LogP contribution in [0, 0.1) is 6.92 Å². The zero-order chi connectivity index (χ0) is 16.1. The number of esters is 1. The van der Waals surface area contributed by atoms with Crippen molar-refractivity contribution in [3.8, 4) is 0 Å². The molecule has 0 bridgehead atoms. The Balaban J connectivity index is 2.44. The molecular formula is C12H12F3NO4S. The van der Waals surface area contributed by atoms with Crippen molar-refractivity contribution in [1.29, 1.82) is 0 Å². The number of sulfonamides is 1. The first-order valence-electron chi connectivity index (χ1n) is 5.82. The van der Waals surface area contributed by atoms with Gasteiger partial charge < -0.3 is 4.74 Å². The van der Waals surface area contributed by atoms with Crippen molar-refractivity contribution in [3.63, 3.8) is 0 Å². The maximum Gasteiger partial charge on any atom is 0.419 e. The summed E-state index contributed by atoms with van der Waals surface area (Å²) >= 11 is 0. The quantitative estimate of drug-likeness (QED) is 0.624. The Morgan fingerprint density at radius 2 is 1.81 bits per heavy atom. The number of aryl methyl sites for hydroxylation is 1. The lowest BCUT2D eigenvalue weighted by Gasteiger charge is -2.18. The predicted molar refractivity (Wildman–Crippen MR) is 65.9 cm³/mol. The van der Waals surface area contributed by atoms with Crippen LogP contribution in [0.1, 0.15) is 5.56 Å². The zero-order valence-corrected chi connectivity index (χ0v) is 12.0. The molecule has 5 nitrogen and oxygen atoms in total. The molecule has 21 heavy (non-hydrogen) atoms. The molecule has 1 aliphatic heterocycles. The number of methoxy groups -OCH3 is 1. The maximum absolute atomic E-state index is 13.1. The average molecular weight is 323 g/mol. The summed E-state index contributed by atoms with van der Waals surface area (Å²) in [4.78, 5) is 11.1. The van der Waals surface area contributed by atoms with Gasteiger partial charge in [0.25, 0.3) is 0 Å². The van der Waals surface area contributed by atoms with Gasteiger partial charge in [-0.2, -0.15) is 17.5 Å². The van der Waals surface area contributed by atoms with Crippen LogP contribution in [0.4, 0.5) is 13.2 Å². The van der Waals surface area contributed by atoms with Gasteiger partial charge in [0.1, 0.15) is 0 Å². The maximum atomic E-state index is 13.1.